The third-order valence-corrected chi connectivity index (χ3v) is 4.23. The molecule has 0 saturated heterocycles. The molecule has 1 aromatic heterocycles. The van der Waals surface area contributed by atoms with Crippen molar-refractivity contribution < 1.29 is 8.42 Å². The molecule has 2 rings (SSSR count). The third-order valence-electron chi connectivity index (χ3n) is 2.71. The van der Waals surface area contributed by atoms with E-state index in [1.54, 1.807) is 29.9 Å². The van der Waals surface area contributed by atoms with Gasteiger partial charge in [-0.3, -0.25) is 9.40 Å². The van der Waals surface area contributed by atoms with Gasteiger partial charge in [0.15, 0.2) is 0 Å². The summed E-state index contributed by atoms with van der Waals surface area (Å²) in [5.41, 5.74) is 7.12. The van der Waals surface area contributed by atoms with Crippen molar-refractivity contribution in [2.24, 2.45) is 0 Å². The van der Waals surface area contributed by atoms with Gasteiger partial charge in [0.2, 0.25) is 0 Å². The summed E-state index contributed by atoms with van der Waals surface area (Å²) in [6.07, 6.45) is 3.11. The molecule has 0 bridgehead atoms. The number of nitrogens with one attached hydrogen (secondary N) is 1. The molecule has 6 nitrogen and oxygen atoms in total. The standard InChI is InChI=1S/C12H16N4O2S/c1-3-16-8-11(7-14-16)15-19(17,18)12-6-10(13)5-4-9(12)2/h4-8,15H,3,13H2,1-2H3. The minimum Gasteiger partial charge on any atom is -0.399 e. The molecule has 2 aromatic rings. The van der Waals surface area contributed by atoms with Crippen LogP contribution in [0.25, 0.3) is 0 Å². The molecule has 0 unspecified atom stereocenters. The van der Waals surface area contributed by atoms with Crippen molar-refractivity contribution in [1.29, 1.82) is 0 Å². The van der Waals surface area contributed by atoms with Crippen molar-refractivity contribution in [1.82, 2.24) is 9.78 Å². The summed E-state index contributed by atoms with van der Waals surface area (Å²) in [6, 6.07) is 4.80. The summed E-state index contributed by atoms with van der Waals surface area (Å²) < 4.78 is 28.7. The molecule has 7 heteroatoms. The van der Waals surface area contributed by atoms with E-state index in [2.05, 4.69) is 9.82 Å². The number of sulfonamides is 1. The van der Waals surface area contributed by atoms with E-state index in [4.69, 9.17) is 5.73 Å². The molecular formula is C12H16N4O2S. The molecule has 0 amide bonds. The highest BCUT2D eigenvalue weighted by molar-refractivity contribution is 7.92. The van der Waals surface area contributed by atoms with E-state index in [1.807, 2.05) is 6.92 Å². The van der Waals surface area contributed by atoms with E-state index in [9.17, 15) is 8.42 Å². The summed E-state index contributed by atoms with van der Waals surface area (Å²) in [4.78, 5) is 0.178. The van der Waals surface area contributed by atoms with E-state index in [-0.39, 0.29) is 4.90 Å². The Balaban J connectivity index is 2.34. The molecule has 1 heterocycles. The number of anilines is 2. The quantitative estimate of drug-likeness (QED) is 0.832. The number of benzene rings is 1. The average Bonchev–Trinajstić information content (AvgIpc) is 2.79. The molecule has 0 aliphatic rings. The minimum atomic E-state index is -3.64. The second-order valence-corrected chi connectivity index (χ2v) is 5.87. The van der Waals surface area contributed by atoms with Crippen LogP contribution in [0.2, 0.25) is 0 Å². The molecule has 0 atom stereocenters. The summed E-state index contributed by atoms with van der Waals surface area (Å²) >= 11 is 0. The van der Waals surface area contributed by atoms with Gasteiger partial charge in [-0.2, -0.15) is 5.10 Å². The van der Waals surface area contributed by atoms with Crippen LogP contribution in [0.5, 0.6) is 0 Å². The largest absolute Gasteiger partial charge is 0.399 e. The Morgan fingerprint density at radius 1 is 1.42 bits per heavy atom. The van der Waals surface area contributed by atoms with Gasteiger partial charge < -0.3 is 5.73 Å². The number of hydrogen-bond acceptors (Lipinski definition) is 4. The highest BCUT2D eigenvalue weighted by Gasteiger charge is 2.17. The Kier molecular flexibility index (Phi) is 3.48. The van der Waals surface area contributed by atoms with Crippen LogP contribution < -0.4 is 10.5 Å². The maximum atomic E-state index is 12.3. The molecule has 102 valence electrons. The van der Waals surface area contributed by atoms with Crippen LogP contribution in [0, 0.1) is 6.92 Å². The fourth-order valence-electron chi connectivity index (χ4n) is 1.71. The first kappa shape index (κ1) is 13.4. The smallest absolute Gasteiger partial charge is 0.262 e. The predicted molar refractivity (Wildman–Crippen MR) is 74.3 cm³/mol. The number of nitrogens with two attached hydrogens (primary N) is 1. The Morgan fingerprint density at radius 2 is 2.16 bits per heavy atom. The first-order chi connectivity index (χ1) is 8.92. The number of rotatable bonds is 4. The number of aryl methyl sites for hydroxylation is 2. The van der Waals surface area contributed by atoms with E-state index in [0.29, 0.717) is 23.5 Å². The maximum Gasteiger partial charge on any atom is 0.262 e. The number of nitrogen functional groups attached to an aromatic ring is 1. The zero-order chi connectivity index (χ0) is 14.0. The molecule has 19 heavy (non-hydrogen) atoms. The molecule has 3 N–H and O–H groups in total. The topological polar surface area (TPSA) is 90.0 Å². The van der Waals surface area contributed by atoms with Crippen LogP contribution in [0.15, 0.2) is 35.5 Å². The van der Waals surface area contributed by atoms with Gasteiger partial charge in [-0.05, 0) is 31.5 Å². The van der Waals surface area contributed by atoms with E-state index in [0.717, 1.165) is 0 Å². The number of hydrogen-bond donors (Lipinski definition) is 2. The van der Waals surface area contributed by atoms with Crippen LogP contribution >= 0.6 is 0 Å². The van der Waals surface area contributed by atoms with E-state index >= 15 is 0 Å². The van der Waals surface area contributed by atoms with Crippen molar-refractivity contribution in [3.8, 4) is 0 Å². The highest BCUT2D eigenvalue weighted by atomic mass is 32.2. The van der Waals surface area contributed by atoms with Crippen molar-refractivity contribution in [3.63, 3.8) is 0 Å². The molecule has 0 fully saturated rings. The van der Waals surface area contributed by atoms with E-state index < -0.39 is 10.0 Å². The van der Waals surface area contributed by atoms with Gasteiger partial charge >= 0.3 is 0 Å². The number of nitrogens with zero attached hydrogens (tertiary/aromatic N) is 2. The van der Waals surface area contributed by atoms with Crippen molar-refractivity contribution >= 4 is 21.4 Å². The zero-order valence-electron chi connectivity index (χ0n) is 10.8. The normalized spacial score (nSPS) is 11.5. The molecule has 0 aliphatic heterocycles. The van der Waals surface area contributed by atoms with Crippen molar-refractivity contribution in [2.75, 3.05) is 10.5 Å². The summed E-state index contributed by atoms with van der Waals surface area (Å²) in [5, 5.41) is 4.02. The second kappa shape index (κ2) is 4.93. The van der Waals surface area contributed by atoms with Gasteiger partial charge in [-0.25, -0.2) is 8.42 Å². The molecule has 0 aliphatic carbocycles. The van der Waals surface area contributed by atoms with Gasteiger partial charge in [0.05, 0.1) is 16.8 Å². The highest BCUT2D eigenvalue weighted by Crippen LogP contribution is 2.21. The van der Waals surface area contributed by atoms with Crippen molar-refractivity contribution in [2.45, 2.75) is 25.3 Å². The lowest BCUT2D eigenvalue weighted by Crippen LogP contribution is -2.14. The summed E-state index contributed by atoms with van der Waals surface area (Å²) in [7, 11) is -3.64. The summed E-state index contributed by atoms with van der Waals surface area (Å²) in [5.74, 6) is 0. The van der Waals surface area contributed by atoms with Gasteiger partial charge in [-0.1, -0.05) is 6.07 Å². The van der Waals surface area contributed by atoms with Crippen LogP contribution in [-0.4, -0.2) is 18.2 Å². The van der Waals surface area contributed by atoms with Crippen LogP contribution in [-0.2, 0) is 16.6 Å². The molecule has 0 radical (unpaired) electrons. The Morgan fingerprint density at radius 3 is 2.79 bits per heavy atom. The molecule has 0 saturated carbocycles. The van der Waals surface area contributed by atoms with Crippen molar-refractivity contribution in [3.05, 3.63) is 36.2 Å². The lowest BCUT2D eigenvalue weighted by atomic mass is 10.2. The lowest BCUT2D eigenvalue weighted by Gasteiger charge is -2.09. The predicted octanol–water partition coefficient (Wildman–Crippen LogP) is 1.59. The SMILES string of the molecule is CCn1cc(NS(=O)(=O)c2cc(N)ccc2C)cn1. The summed E-state index contributed by atoms with van der Waals surface area (Å²) in [6.45, 7) is 4.33. The van der Waals surface area contributed by atoms with Gasteiger partial charge in [-0.15, -0.1) is 0 Å². The van der Waals surface area contributed by atoms with E-state index in [1.165, 1.54) is 12.3 Å². The Hall–Kier alpha value is -2.02. The first-order valence-electron chi connectivity index (χ1n) is 5.84. The molecule has 1 aromatic carbocycles. The van der Waals surface area contributed by atoms with Gasteiger partial charge in [0.25, 0.3) is 10.0 Å². The Bertz CT molecular complexity index is 692. The fraction of sp³-hybridized carbons (Fsp3) is 0.250. The fourth-order valence-corrected chi connectivity index (χ4v) is 3.01. The second-order valence-electron chi connectivity index (χ2n) is 4.22. The zero-order valence-corrected chi connectivity index (χ0v) is 11.6. The van der Waals surface area contributed by atoms with Crippen LogP contribution in [0.4, 0.5) is 11.4 Å². The maximum absolute atomic E-state index is 12.3. The van der Waals surface area contributed by atoms with Crippen LogP contribution in [0.1, 0.15) is 12.5 Å². The molecule has 0 spiro atoms. The minimum absolute atomic E-state index is 0.178. The first-order valence-corrected chi connectivity index (χ1v) is 7.32. The lowest BCUT2D eigenvalue weighted by molar-refractivity contribution is 0.600. The van der Waals surface area contributed by atoms with Gasteiger partial charge in [0.1, 0.15) is 0 Å². The Labute approximate surface area is 112 Å². The van der Waals surface area contributed by atoms with Crippen LogP contribution in [0.3, 0.4) is 0 Å². The van der Waals surface area contributed by atoms with Gasteiger partial charge in [0, 0.05) is 18.4 Å². The third kappa shape index (κ3) is 2.87. The average molecular weight is 280 g/mol. The monoisotopic (exact) mass is 280 g/mol. The number of aromatic nitrogens is 2. The molecular weight excluding hydrogens is 264 g/mol.